The van der Waals surface area contributed by atoms with E-state index in [9.17, 15) is 0 Å². The lowest BCUT2D eigenvalue weighted by atomic mass is 10.3. The summed E-state index contributed by atoms with van der Waals surface area (Å²) >= 11 is 7.51. The predicted octanol–water partition coefficient (Wildman–Crippen LogP) is 2.68. The highest BCUT2D eigenvalue weighted by Gasteiger charge is 2.06. The van der Waals surface area contributed by atoms with Gasteiger partial charge in [-0.15, -0.1) is 11.3 Å². The Bertz CT molecular complexity index is 518. The zero-order valence-corrected chi connectivity index (χ0v) is 9.72. The highest BCUT2D eigenvalue weighted by Crippen LogP contribution is 2.23. The molecular formula is C10H7ClN4S. The van der Waals surface area contributed by atoms with Crippen molar-refractivity contribution in [2.75, 3.05) is 5.32 Å². The van der Waals surface area contributed by atoms with Gasteiger partial charge in [-0.25, -0.2) is 9.97 Å². The van der Waals surface area contributed by atoms with Gasteiger partial charge in [0.2, 0.25) is 0 Å². The van der Waals surface area contributed by atoms with Gasteiger partial charge in [0.15, 0.2) is 0 Å². The molecule has 4 nitrogen and oxygen atoms in total. The third kappa shape index (κ3) is 2.30. The van der Waals surface area contributed by atoms with Gasteiger partial charge in [-0.3, -0.25) is 0 Å². The van der Waals surface area contributed by atoms with Crippen LogP contribution >= 0.6 is 22.9 Å². The fourth-order valence-electron chi connectivity index (χ4n) is 1.15. The molecule has 0 aliphatic rings. The third-order valence-corrected chi connectivity index (χ3v) is 2.95. The lowest BCUT2D eigenvalue weighted by Crippen LogP contribution is -2.02. The van der Waals surface area contributed by atoms with Crippen LogP contribution < -0.4 is 5.32 Å². The molecule has 2 heterocycles. The molecule has 1 N–H and O–H groups in total. The van der Waals surface area contributed by atoms with E-state index < -0.39 is 0 Å². The fourth-order valence-corrected chi connectivity index (χ4v) is 1.93. The largest absolute Gasteiger partial charge is 0.363 e. The van der Waals surface area contributed by atoms with E-state index in [4.69, 9.17) is 16.9 Å². The van der Waals surface area contributed by atoms with E-state index in [2.05, 4.69) is 15.3 Å². The van der Waals surface area contributed by atoms with Crippen LogP contribution in [0.25, 0.3) is 0 Å². The molecule has 0 fully saturated rings. The summed E-state index contributed by atoms with van der Waals surface area (Å²) in [4.78, 5) is 8.19. The van der Waals surface area contributed by atoms with Gasteiger partial charge in [-0.2, -0.15) is 5.26 Å². The second-order valence-electron chi connectivity index (χ2n) is 2.97. The van der Waals surface area contributed by atoms with Crippen LogP contribution in [-0.2, 0) is 6.54 Å². The molecule has 0 unspecified atom stereocenters. The van der Waals surface area contributed by atoms with Gasteiger partial charge in [0.05, 0.1) is 23.3 Å². The number of hydrogen-bond acceptors (Lipinski definition) is 5. The molecule has 0 aliphatic carbocycles. The van der Waals surface area contributed by atoms with E-state index in [-0.39, 0.29) is 0 Å². The van der Waals surface area contributed by atoms with Crippen LogP contribution in [0.5, 0.6) is 0 Å². The second kappa shape index (κ2) is 4.92. The molecule has 80 valence electrons. The smallest absolute Gasteiger partial charge is 0.146 e. The first kappa shape index (κ1) is 10.9. The van der Waals surface area contributed by atoms with Crippen molar-refractivity contribution < 1.29 is 0 Å². The van der Waals surface area contributed by atoms with Crippen LogP contribution in [0.4, 0.5) is 5.82 Å². The maximum atomic E-state index is 8.79. The number of thiazole rings is 1. The number of anilines is 1. The van der Waals surface area contributed by atoms with Crippen molar-refractivity contribution in [1.29, 1.82) is 5.26 Å². The van der Waals surface area contributed by atoms with E-state index in [1.165, 1.54) is 11.3 Å². The van der Waals surface area contributed by atoms with E-state index in [1.54, 1.807) is 17.8 Å². The third-order valence-electron chi connectivity index (χ3n) is 1.93. The molecule has 0 atom stereocenters. The Morgan fingerprint density at radius 2 is 2.38 bits per heavy atom. The summed E-state index contributed by atoms with van der Waals surface area (Å²) in [5.41, 5.74) is 3.10. The van der Waals surface area contributed by atoms with Gasteiger partial charge in [0.25, 0.3) is 0 Å². The fraction of sp³-hybridized carbons (Fsp3) is 0.100. The lowest BCUT2D eigenvalue weighted by molar-refractivity contribution is 1.05. The Morgan fingerprint density at radius 3 is 3.06 bits per heavy atom. The lowest BCUT2D eigenvalue weighted by Gasteiger charge is -2.05. The van der Waals surface area contributed by atoms with Crippen molar-refractivity contribution in [2.24, 2.45) is 0 Å². The normalized spacial score (nSPS) is 9.75. The minimum atomic E-state index is 0.347. The number of nitrogens with zero attached hydrogens (tertiary/aromatic N) is 3. The first-order valence-corrected chi connectivity index (χ1v) is 5.79. The van der Waals surface area contributed by atoms with Crippen LogP contribution in [0.3, 0.4) is 0 Å². The molecule has 0 aliphatic heterocycles. The van der Waals surface area contributed by atoms with Gasteiger partial charge in [-0.05, 0) is 6.07 Å². The number of pyridine rings is 1. The molecule has 0 saturated heterocycles. The minimum Gasteiger partial charge on any atom is -0.363 e. The van der Waals surface area contributed by atoms with Gasteiger partial charge < -0.3 is 5.32 Å². The van der Waals surface area contributed by atoms with E-state index in [0.717, 1.165) is 5.69 Å². The topological polar surface area (TPSA) is 61.6 Å². The summed E-state index contributed by atoms with van der Waals surface area (Å²) < 4.78 is 0. The number of hydrogen-bond donors (Lipinski definition) is 1. The van der Waals surface area contributed by atoms with Crippen molar-refractivity contribution in [1.82, 2.24) is 9.97 Å². The number of nitrogens with one attached hydrogen (secondary N) is 1. The van der Waals surface area contributed by atoms with E-state index >= 15 is 0 Å². The molecule has 2 aromatic heterocycles. The molecule has 2 rings (SSSR count). The maximum Gasteiger partial charge on any atom is 0.146 e. The average molecular weight is 251 g/mol. The quantitative estimate of drug-likeness (QED) is 0.910. The van der Waals surface area contributed by atoms with Crippen molar-refractivity contribution in [3.8, 4) is 6.07 Å². The van der Waals surface area contributed by atoms with Gasteiger partial charge in [-0.1, -0.05) is 11.6 Å². The van der Waals surface area contributed by atoms with Crippen LogP contribution in [0, 0.1) is 11.3 Å². The van der Waals surface area contributed by atoms with Crippen LogP contribution in [0.15, 0.2) is 23.2 Å². The Morgan fingerprint density at radius 1 is 1.50 bits per heavy atom. The molecule has 0 spiro atoms. The monoisotopic (exact) mass is 250 g/mol. The standard InChI is InChI=1S/C10H7ClN4S/c11-9-7(3-12)1-2-13-10(9)14-4-8-5-16-6-15-8/h1-2,5-6H,4H2,(H,13,14). The Kier molecular flexibility index (Phi) is 3.34. The Hall–Kier alpha value is -1.64. The van der Waals surface area contributed by atoms with E-state index in [1.807, 2.05) is 11.4 Å². The van der Waals surface area contributed by atoms with Crippen molar-refractivity contribution in [3.05, 3.63) is 39.4 Å². The second-order valence-corrected chi connectivity index (χ2v) is 4.06. The summed E-state index contributed by atoms with van der Waals surface area (Å²) in [7, 11) is 0. The zero-order valence-electron chi connectivity index (χ0n) is 8.14. The summed E-state index contributed by atoms with van der Waals surface area (Å²) in [6, 6.07) is 3.58. The molecular weight excluding hydrogens is 244 g/mol. The van der Waals surface area contributed by atoms with E-state index in [0.29, 0.717) is 22.9 Å². The van der Waals surface area contributed by atoms with Crippen LogP contribution in [-0.4, -0.2) is 9.97 Å². The summed E-state index contributed by atoms with van der Waals surface area (Å²) in [5.74, 6) is 0.508. The molecule has 0 bridgehead atoms. The highest BCUT2D eigenvalue weighted by molar-refractivity contribution is 7.07. The molecule has 2 aromatic rings. The molecule has 0 saturated carbocycles. The first-order chi connectivity index (χ1) is 7.81. The molecule has 0 amide bonds. The Balaban J connectivity index is 2.13. The molecule has 6 heteroatoms. The summed E-state index contributed by atoms with van der Waals surface area (Å²) in [5, 5.41) is 14.1. The number of halogens is 1. The zero-order chi connectivity index (χ0) is 11.4. The van der Waals surface area contributed by atoms with Crippen molar-refractivity contribution in [2.45, 2.75) is 6.54 Å². The SMILES string of the molecule is N#Cc1ccnc(NCc2cscn2)c1Cl. The van der Waals surface area contributed by atoms with Crippen molar-refractivity contribution in [3.63, 3.8) is 0 Å². The predicted molar refractivity (Wildman–Crippen MR) is 63.4 cm³/mol. The van der Waals surface area contributed by atoms with Gasteiger partial charge in [0, 0.05) is 11.6 Å². The minimum absolute atomic E-state index is 0.347. The molecule has 0 aromatic carbocycles. The molecule has 0 radical (unpaired) electrons. The number of nitriles is 1. The van der Waals surface area contributed by atoms with Crippen LogP contribution in [0.1, 0.15) is 11.3 Å². The first-order valence-electron chi connectivity index (χ1n) is 4.47. The summed E-state index contributed by atoms with van der Waals surface area (Å²) in [6.07, 6.45) is 1.55. The van der Waals surface area contributed by atoms with Crippen LogP contribution in [0.2, 0.25) is 5.02 Å². The average Bonchev–Trinajstić information content (AvgIpc) is 2.81. The summed E-state index contributed by atoms with van der Waals surface area (Å²) in [6.45, 7) is 0.547. The molecule has 16 heavy (non-hydrogen) atoms. The highest BCUT2D eigenvalue weighted by atomic mass is 35.5. The number of rotatable bonds is 3. The van der Waals surface area contributed by atoms with Gasteiger partial charge >= 0.3 is 0 Å². The van der Waals surface area contributed by atoms with Crippen molar-refractivity contribution >= 4 is 28.8 Å². The maximum absolute atomic E-state index is 8.79. The number of aromatic nitrogens is 2. The Labute approximate surface area is 102 Å². The van der Waals surface area contributed by atoms with Gasteiger partial charge in [0.1, 0.15) is 16.9 Å².